The summed E-state index contributed by atoms with van der Waals surface area (Å²) in [5.74, 6) is 0.174. The lowest BCUT2D eigenvalue weighted by molar-refractivity contribution is -0.118. The van der Waals surface area contributed by atoms with Crippen molar-refractivity contribution in [3.8, 4) is 5.75 Å². The number of carbonyl (C=O) groups excluding carboxylic acids is 2. The zero-order chi connectivity index (χ0) is 17.5. The van der Waals surface area contributed by atoms with E-state index < -0.39 is 5.97 Å². The van der Waals surface area contributed by atoms with E-state index in [1.54, 1.807) is 24.3 Å². The van der Waals surface area contributed by atoms with Gasteiger partial charge in [0.25, 0.3) is 5.91 Å². The number of methoxy groups -OCH3 is 1. The fourth-order valence-electron chi connectivity index (χ4n) is 2.25. The van der Waals surface area contributed by atoms with E-state index in [1.807, 2.05) is 24.3 Å². The highest BCUT2D eigenvalue weighted by atomic mass is 16.5. The molecule has 5 heteroatoms. The average molecular weight is 327 g/mol. The third-order valence-corrected chi connectivity index (χ3v) is 3.50. The lowest BCUT2D eigenvalue weighted by Crippen LogP contribution is -2.21. The molecule has 0 radical (unpaired) electrons. The number of hydrogen-bond acceptors (Lipinski definition) is 4. The molecular weight excluding hydrogens is 306 g/mol. The van der Waals surface area contributed by atoms with E-state index in [-0.39, 0.29) is 12.5 Å². The summed E-state index contributed by atoms with van der Waals surface area (Å²) in [6.07, 6.45) is 0. The molecule has 0 fully saturated rings. The van der Waals surface area contributed by atoms with Crippen molar-refractivity contribution < 1.29 is 19.1 Å². The molecule has 0 heterocycles. The predicted molar refractivity (Wildman–Crippen MR) is 92.4 cm³/mol. The second kappa shape index (κ2) is 8.15. The van der Waals surface area contributed by atoms with Crippen LogP contribution >= 0.6 is 0 Å². The Morgan fingerprint density at radius 3 is 2.33 bits per heavy atom. The summed E-state index contributed by atoms with van der Waals surface area (Å²) in [6, 6.07) is 14.1. The smallest absolute Gasteiger partial charge is 0.337 e. The zero-order valence-electron chi connectivity index (χ0n) is 14.0. The van der Waals surface area contributed by atoms with E-state index in [1.165, 1.54) is 7.11 Å². The van der Waals surface area contributed by atoms with Crippen LogP contribution in [-0.4, -0.2) is 25.6 Å². The monoisotopic (exact) mass is 327 g/mol. The van der Waals surface area contributed by atoms with Crippen LogP contribution in [0.25, 0.3) is 0 Å². The Balaban J connectivity index is 1.93. The third-order valence-electron chi connectivity index (χ3n) is 3.50. The number of carbonyl (C=O) groups is 2. The highest BCUT2D eigenvalue weighted by Crippen LogP contribution is 2.23. The Morgan fingerprint density at radius 1 is 1.04 bits per heavy atom. The summed E-state index contributed by atoms with van der Waals surface area (Å²) in [5.41, 5.74) is 2.30. The Kier molecular flexibility index (Phi) is 5.95. The molecule has 2 rings (SSSR count). The molecule has 0 atom stereocenters. The molecule has 126 valence electrons. The summed E-state index contributed by atoms with van der Waals surface area (Å²) >= 11 is 0. The molecule has 0 aliphatic carbocycles. The van der Waals surface area contributed by atoms with Crippen molar-refractivity contribution in [2.75, 3.05) is 19.0 Å². The van der Waals surface area contributed by atoms with Crippen LogP contribution in [-0.2, 0) is 9.53 Å². The molecule has 0 unspecified atom stereocenters. The highest BCUT2D eigenvalue weighted by Gasteiger charge is 2.10. The largest absolute Gasteiger partial charge is 0.484 e. The zero-order valence-corrected chi connectivity index (χ0v) is 14.0. The summed E-state index contributed by atoms with van der Waals surface area (Å²) < 4.78 is 10.1. The summed E-state index contributed by atoms with van der Waals surface area (Å²) in [7, 11) is 1.33. The van der Waals surface area contributed by atoms with Gasteiger partial charge in [-0.1, -0.05) is 32.0 Å². The van der Waals surface area contributed by atoms with Gasteiger partial charge in [0.1, 0.15) is 5.75 Å². The van der Waals surface area contributed by atoms with Gasteiger partial charge < -0.3 is 14.8 Å². The number of nitrogens with one attached hydrogen (secondary N) is 1. The molecule has 0 saturated heterocycles. The summed E-state index contributed by atoms with van der Waals surface area (Å²) in [4.78, 5) is 23.4. The minimum absolute atomic E-state index is 0.107. The van der Waals surface area contributed by atoms with Crippen molar-refractivity contribution in [1.82, 2.24) is 0 Å². The van der Waals surface area contributed by atoms with Gasteiger partial charge in [-0.05, 0) is 41.8 Å². The van der Waals surface area contributed by atoms with Gasteiger partial charge in [-0.2, -0.15) is 0 Å². The van der Waals surface area contributed by atoms with Crippen molar-refractivity contribution in [3.05, 3.63) is 59.7 Å². The molecule has 0 spiro atoms. The minimum atomic E-state index is -0.412. The molecule has 24 heavy (non-hydrogen) atoms. The quantitative estimate of drug-likeness (QED) is 0.823. The van der Waals surface area contributed by atoms with E-state index in [4.69, 9.17) is 4.74 Å². The molecule has 2 aromatic carbocycles. The first-order valence-corrected chi connectivity index (χ1v) is 7.71. The number of para-hydroxylation sites is 1. The number of anilines is 1. The van der Waals surface area contributed by atoms with Crippen molar-refractivity contribution in [2.24, 2.45) is 0 Å². The van der Waals surface area contributed by atoms with Gasteiger partial charge in [0, 0.05) is 5.69 Å². The van der Waals surface area contributed by atoms with Crippen molar-refractivity contribution in [3.63, 3.8) is 0 Å². The number of amides is 1. The van der Waals surface area contributed by atoms with E-state index in [0.29, 0.717) is 17.2 Å². The topological polar surface area (TPSA) is 64.6 Å². The first-order valence-electron chi connectivity index (χ1n) is 7.71. The maximum Gasteiger partial charge on any atom is 0.337 e. The predicted octanol–water partition coefficient (Wildman–Crippen LogP) is 3.61. The lowest BCUT2D eigenvalue weighted by Gasteiger charge is -2.14. The molecule has 2 aromatic rings. The first-order chi connectivity index (χ1) is 11.5. The minimum Gasteiger partial charge on any atom is -0.484 e. The second-order valence-corrected chi connectivity index (χ2v) is 5.59. The number of rotatable bonds is 6. The maximum atomic E-state index is 12.1. The van der Waals surface area contributed by atoms with Gasteiger partial charge >= 0.3 is 5.97 Å². The maximum absolute atomic E-state index is 12.1. The fraction of sp³-hybridized carbons (Fsp3) is 0.263. The number of ether oxygens (including phenoxy) is 2. The van der Waals surface area contributed by atoms with Crippen molar-refractivity contribution >= 4 is 17.6 Å². The van der Waals surface area contributed by atoms with Crippen LogP contribution in [0.2, 0.25) is 0 Å². The van der Waals surface area contributed by atoms with Crippen LogP contribution in [0.3, 0.4) is 0 Å². The lowest BCUT2D eigenvalue weighted by atomic mass is 10.0. The molecule has 0 aromatic heterocycles. The SMILES string of the molecule is COC(=O)c1ccc(OCC(=O)Nc2ccccc2C(C)C)cc1. The highest BCUT2D eigenvalue weighted by molar-refractivity contribution is 5.92. The number of benzene rings is 2. The van der Waals surface area contributed by atoms with E-state index in [0.717, 1.165) is 11.3 Å². The molecule has 0 bridgehead atoms. The van der Waals surface area contributed by atoms with Gasteiger partial charge in [-0.15, -0.1) is 0 Å². The van der Waals surface area contributed by atoms with E-state index in [9.17, 15) is 9.59 Å². The molecule has 1 N–H and O–H groups in total. The Labute approximate surface area is 141 Å². The molecule has 5 nitrogen and oxygen atoms in total. The third kappa shape index (κ3) is 4.59. The van der Waals surface area contributed by atoms with Crippen LogP contribution in [0.4, 0.5) is 5.69 Å². The summed E-state index contributed by atoms with van der Waals surface area (Å²) in [6.45, 7) is 4.04. The standard InChI is InChI=1S/C19H21NO4/c1-13(2)16-6-4-5-7-17(16)20-18(21)12-24-15-10-8-14(9-11-15)19(22)23-3/h4-11,13H,12H2,1-3H3,(H,20,21). The van der Waals surface area contributed by atoms with Gasteiger partial charge in [-0.25, -0.2) is 4.79 Å². The number of hydrogen-bond donors (Lipinski definition) is 1. The average Bonchev–Trinajstić information content (AvgIpc) is 2.60. The van der Waals surface area contributed by atoms with Gasteiger partial charge in [0.15, 0.2) is 6.61 Å². The normalized spacial score (nSPS) is 10.3. The van der Waals surface area contributed by atoms with Crippen LogP contribution in [0.5, 0.6) is 5.75 Å². The van der Waals surface area contributed by atoms with E-state index in [2.05, 4.69) is 23.9 Å². The summed E-state index contributed by atoms with van der Waals surface area (Å²) in [5, 5.41) is 2.86. The molecule has 0 saturated carbocycles. The van der Waals surface area contributed by atoms with Crippen molar-refractivity contribution in [2.45, 2.75) is 19.8 Å². The van der Waals surface area contributed by atoms with Gasteiger partial charge in [0.2, 0.25) is 0 Å². The van der Waals surface area contributed by atoms with Crippen LogP contribution < -0.4 is 10.1 Å². The number of esters is 1. The first kappa shape index (κ1) is 17.5. The molecular formula is C19H21NO4. The molecule has 0 aliphatic heterocycles. The molecule has 1 amide bonds. The van der Waals surface area contributed by atoms with Crippen LogP contribution in [0.15, 0.2) is 48.5 Å². The second-order valence-electron chi connectivity index (χ2n) is 5.59. The van der Waals surface area contributed by atoms with E-state index >= 15 is 0 Å². The fourth-order valence-corrected chi connectivity index (χ4v) is 2.25. The van der Waals surface area contributed by atoms with Crippen LogP contribution in [0, 0.1) is 0 Å². The van der Waals surface area contributed by atoms with Gasteiger partial charge in [-0.3, -0.25) is 4.79 Å². The van der Waals surface area contributed by atoms with Crippen LogP contribution in [0.1, 0.15) is 35.7 Å². The van der Waals surface area contributed by atoms with Gasteiger partial charge in [0.05, 0.1) is 12.7 Å². The Bertz CT molecular complexity index is 708. The molecule has 0 aliphatic rings. The Morgan fingerprint density at radius 2 is 1.71 bits per heavy atom. The Hall–Kier alpha value is -2.82. The van der Waals surface area contributed by atoms with Crippen molar-refractivity contribution in [1.29, 1.82) is 0 Å².